The number of ether oxygens (including phenoxy) is 1. The predicted molar refractivity (Wildman–Crippen MR) is 136 cm³/mol. The maximum atomic E-state index is 15.2. The number of methoxy groups -OCH3 is 1. The number of hydrogen-bond acceptors (Lipinski definition) is 5. The molecule has 9 heteroatoms. The van der Waals surface area contributed by atoms with Gasteiger partial charge in [-0.15, -0.1) is 0 Å². The number of nitrogens with zero attached hydrogens (tertiary/aromatic N) is 1. The smallest absolute Gasteiger partial charge is 0.141 e. The highest BCUT2D eigenvalue weighted by Gasteiger charge is 2.34. The van der Waals surface area contributed by atoms with E-state index >= 15 is 8.78 Å². The molecule has 180 valence electrons. The Morgan fingerprint density at radius 2 is 2.18 bits per heavy atom. The molecule has 1 aromatic heterocycles. The Bertz CT molecular complexity index is 978. The highest BCUT2D eigenvalue weighted by Crippen LogP contribution is 2.38. The lowest BCUT2D eigenvalue weighted by Crippen LogP contribution is -2.29. The molecule has 0 amide bonds. The lowest BCUT2D eigenvalue weighted by Gasteiger charge is -2.28. The molecule has 1 heterocycles. The lowest BCUT2D eigenvalue weighted by molar-refractivity contribution is 0.0891. The van der Waals surface area contributed by atoms with Gasteiger partial charge in [-0.1, -0.05) is 19.6 Å². The summed E-state index contributed by atoms with van der Waals surface area (Å²) in [6, 6.07) is 1.81. The Morgan fingerprint density at radius 3 is 2.79 bits per heavy atom. The largest absolute Gasteiger partial charge is 0.376 e. The Morgan fingerprint density at radius 1 is 1.45 bits per heavy atom. The summed E-state index contributed by atoms with van der Waals surface area (Å²) >= 11 is 4.46. The highest BCUT2D eigenvalue weighted by molar-refractivity contribution is 9.10. The van der Waals surface area contributed by atoms with Crippen LogP contribution in [0.4, 0.5) is 19.0 Å². The summed E-state index contributed by atoms with van der Waals surface area (Å²) in [6.07, 6.45) is 5.17. The molecular weight excluding hydrogens is 515 g/mol. The molecule has 1 aliphatic rings. The fourth-order valence-electron chi connectivity index (χ4n) is 3.36. The second-order valence-corrected chi connectivity index (χ2v) is 9.10. The summed E-state index contributed by atoms with van der Waals surface area (Å²) in [5.41, 5.74) is 1.33. The number of allylic oxidation sites excluding steroid dienone is 6. The normalized spacial score (nSPS) is 20.5. The lowest BCUT2D eigenvalue weighted by atomic mass is 9.87. The van der Waals surface area contributed by atoms with Crippen LogP contribution in [-0.2, 0) is 4.74 Å². The minimum Gasteiger partial charge on any atom is -0.376 e. The molecule has 0 spiro atoms. The van der Waals surface area contributed by atoms with Gasteiger partial charge in [0.05, 0.1) is 11.8 Å². The average molecular weight is 544 g/mol. The molecule has 0 fully saturated rings. The first-order chi connectivity index (χ1) is 15.7. The van der Waals surface area contributed by atoms with Gasteiger partial charge >= 0.3 is 0 Å². The van der Waals surface area contributed by atoms with E-state index in [1.807, 2.05) is 6.07 Å². The van der Waals surface area contributed by atoms with Crippen LogP contribution in [0.5, 0.6) is 0 Å². The molecule has 3 unspecified atom stereocenters. The van der Waals surface area contributed by atoms with Crippen molar-refractivity contribution in [1.29, 1.82) is 0 Å². The van der Waals surface area contributed by atoms with Crippen LogP contribution in [0.15, 0.2) is 69.9 Å². The summed E-state index contributed by atoms with van der Waals surface area (Å²) in [7, 11) is 3.17. The summed E-state index contributed by atoms with van der Waals surface area (Å²) in [4.78, 5) is 4.90. The van der Waals surface area contributed by atoms with Gasteiger partial charge in [-0.2, -0.15) is 0 Å². The van der Waals surface area contributed by atoms with Crippen LogP contribution < -0.4 is 10.0 Å². The molecule has 1 aliphatic carbocycles. The third-order valence-corrected chi connectivity index (χ3v) is 6.54. The fourth-order valence-corrected chi connectivity index (χ4v) is 4.43. The van der Waals surface area contributed by atoms with E-state index in [4.69, 9.17) is 4.74 Å². The quantitative estimate of drug-likeness (QED) is 0.237. The van der Waals surface area contributed by atoms with Crippen molar-refractivity contribution < 1.29 is 17.9 Å². The van der Waals surface area contributed by atoms with Gasteiger partial charge in [0.2, 0.25) is 0 Å². The Hall–Kier alpha value is -1.97. The zero-order valence-corrected chi connectivity index (χ0v) is 21.5. The van der Waals surface area contributed by atoms with E-state index in [-0.39, 0.29) is 24.4 Å². The number of halogens is 4. The van der Waals surface area contributed by atoms with Crippen molar-refractivity contribution in [3.63, 3.8) is 0 Å². The highest BCUT2D eigenvalue weighted by atomic mass is 79.9. The topological polar surface area (TPSA) is 46.2 Å². The Kier molecular flexibility index (Phi) is 10.8. The molecule has 0 saturated carbocycles. The van der Waals surface area contributed by atoms with E-state index < -0.39 is 24.0 Å². The van der Waals surface area contributed by atoms with Crippen LogP contribution in [0.3, 0.4) is 0 Å². The van der Waals surface area contributed by atoms with E-state index in [1.54, 1.807) is 33.2 Å². The molecule has 3 atom stereocenters. The van der Waals surface area contributed by atoms with Crippen molar-refractivity contribution >= 4 is 39.3 Å². The number of alkyl halides is 1. The molecule has 0 saturated heterocycles. The van der Waals surface area contributed by atoms with Gasteiger partial charge in [0.25, 0.3) is 0 Å². The number of aromatic nitrogens is 1. The second kappa shape index (κ2) is 13.1. The SMILES string of the molecule is C=C(c1cc(Br)cnc1NC)C(OC)C1CC(F)C(NSC(/C=C(/F)CC)=C/C)=CC=C1F. The fraction of sp³-hybridized carbons (Fsp3) is 0.375. The van der Waals surface area contributed by atoms with Gasteiger partial charge in [-0.3, -0.25) is 0 Å². The monoisotopic (exact) mass is 543 g/mol. The maximum Gasteiger partial charge on any atom is 0.141 e. The van der Waals surface area contributed by atoms with Crippen molar-refractivity contribution in [2.45, 2.75) is 39.0 Å². The van der Waals surface area contributed by atoms with E-state index in [2.05, 4.69) is 37.5 Å². The number of anilines is 1. The third-order valence-electron chi connectivity index (χ3n) is 5.18. The van der Waals surface area contributed by atoms with Crippen LogP contribution in [0, 0.1) is 5.92 Å². The Balaban J connectivity index is 2.21. The molecule has 1 aromatic rings. The van der Waals surface area contributed by atoms with Gasteiger partial charge < -0.3 is 14.8 Å². The number of hydrogen-bond donors (Lipinski definition) is 2. The first-order valence-corrected chi connectivity index (χ1v) is 12.1. The van der Waals surface area contributed by atoms with Crippen LogP contribution in [0.2, 0.25) is 0 Å². The zero-order valence-electron chi connectivity index (χ0n) is 19.1. The van der Waals surface area contributed by atoms with Crippen LogP contribution >= 0.6 is 27.9 Å². The summed E-state index contributed by atoms with van der Waals surface area (Å²) in [5.74, 6) is -1.12. The van der Waals surface area contributed by atoms with Crippen LogP contribution in [0.25, 0.3) is 5.57 Å². The minimum atomic E-state index is -1.49. The first kappa shape index (κ1) is 27.3. The number of nitrogens with one attached hydrogen (secondary N) is 2. The predicted octanol–water partition coefficient (Wildman–Crippen LogP) is 7.41. The Labute approximate surface area is 206 Å². The summed E-state index contributed by atoms with van der Waals surface area (Å²) in [5, 5.41) is 2.98. The average Bonchev–Trinajstić information content (AvgIpc) is 2.95. The van der Waals surface area contributed by atoms with E-state index in [1.165, 1.54) is 25.3 Å². The van der Waals surface area contributed by atoms with Crippen molar-refractivity contribution in [3.05, 3.63) is 75.4 Å². The molecule has 4 nitrogen and oxygen atoms in total. The molecule has 0 aromatic carbocycles. The van der Waals surface area contributed by atoms with Crippen LogP contribution in [-0.4, -0.2) is 31.4 Å². The maximum absolute atomic E-state index is 15.2. The zero-order chi connectivity index (χ0) is 24.5. The van der Waals surface area contributed by atoms with Gasteiger partial charge in [0, 0.05) is 41.2 Å². The van der Waals surface area contributed by atoms with E-state index in [9.17, 15) is 4.39 Å². The van der Waals surface area contributed by atoms with Gasteiger partial charge in [0.1, 0.15) is 23.6 Å². The van der Waals surface area contributed by atoms with Crippen molar-refractivity contribution in [3.8, 4) is 0 Å². The molecule has 2 N–H and O–H groups in total. The second-order valence-electron chi connectivity index (χ2n) is 7.30. The molecule has 0 aliphatic heterocycles. The summed E-state index contributed by atoms with van der Waals surface area (Å²) < 4.78 is 53.1. The first-order valence-electron chi connectivity index (χ1n) is 10.5. The standard InChI is InChI=1S/C24H29BrF3N3OS/c1-6-16(26)11-17(7-2)33-31-22-9-8-20(27)19(12-21(22)28)23(32-5)14(3)18-10-15(25)13-30-24(18)29-4/h7-11,13,19,21,23,31H,3,6,12H2,1-2,4-5H3,(H,29,30)/b16-11+,17-7+. The van der Waals surface area contributed by atoms with Crippen molar-refractivity contribution in [1.82, 2.24) is 9.71 Å². The van der Waals surface area contributed by atoms with Gasteiger partial charge in [-0.25, -0.2) is 18.2 Å². The molecular formula is C24H29BrF3N3OS. The molecule has 0 bridgehead atoms. The number of rotatable bonds is 10. The molecule has 2 rings (SSSR count). The third kappa shape index (κ3) is 7.25. The van der Waals surface area contributed by atoms with E-state index in [0.29, 0.717) is 21.9 Å². The van der Waals surface area contributed by atoms with Crippen molar-refractivity contribution in [2.24, 2.45) is 5.92 Å². The molecule has 33 heavy (non-hydrogen) atoms. The van der Waals surface area contributed by atoms with E-state index in [0.717, 1.165) is 16.4 Å². The van der Waals surface area contributed by atoms with Gasteiger partial charge in [-0.05, 0) is 77.5 Å². The van der Waals surface area contributed by atoms with Crippen LogP contribution in [0.1, 0.15) is 32.3 Å². The van der Waals surface area contributed by atoms with Gasteiger partial charge in [0.15, 0.2) is 0 Å². The minimum absolute atomic E-state index is 0.153. The van der Waals surface area contributed by atoms with Crippen molar-refractivity contribution in [2.75, 3.05) is 19.5 Å². The summed E-state index contributed by atoms with van der Waals surface area (Å²) in [6.45, 7) is 7.58. The molecule has 0 radical (unpaired) electrons. The number of pyridine rings is 1.